The van der Waals surface area contributed by atoms with Gasteiger partial charge >= 0.3 is 5.97 Å². The molecule has 8 nitrogen and oxygen atoms in total. The number of hydrogen-bond acceptors (Lipinski definition) is 7. The largest absolute Gasteiger partial charge is 0.465 e. The molecule has 1 aromatic heterocycles. The third kappa shape index (κ3) is 4.93. The van der Waals surface area contributed by atoms with Gasteiger partial charge in [0.05, 0.1) is 20.3 Å². The molecule has 1 amide bonds. The van der Waals surface area contributed by atoms with E-state index in [1.807, 2.05) is 30.3 Å². The lowest BCUT2D eigenvalue weighted by atomic mass is 10.1. The van der Waals surface area contributed by atoms with E-state index in [4.69, 9.17) is 18.7 Å². The number of carbonyl (C=O) groups is 2. The molecule has 1 atom stereocenters. The third-order valence-electron chi connectivity index (χ3n) is 4.29. The van der Waals surface area contributed by atoms with Crippen LogP contribution in [0.5, 0.6) is 0 Å². The highest BCUT2D eigenvalue weighted by atomic mass is 16.5. The molecule has 8 heteroatoms. The Morgan fingerprint density at radius 3 is 2.78 bits per heavy atom. The van der Waals surface area contributed by atoms with Gasteiger partial charge in [0.1, 0.15) is 12.2 Å². The number of benzene rings is 1. The quantitative estimate of drug-likeness (QED) is 0.705. The van der Waals surface area contributed by atoms with Crippen LogP contribution in [-0.2, 0) is 27.4 Å². The summed E-state index contributed by atoms with van der Waals surface area (Å²) in [6, 6.07) is 9.58. The molecule has 1 N–H and O–H groups in total. The van der Waals surface area contributed by atoms with Gasteiger partial charge in [-0.2, -0.15) is 0 Å². The number of methoxy groups -OCH3 is 1. The van der Waals surface area contributed by atoms with Crippen molar-refractivity contribution in [3.8, 4) is 0 Å². The smallest absolute Gasteiger partial charge is 0.344 e. The Bertz CT molecular complexity index is 768. The Kier molecular flexibility index (Phi) is 6.56. The summed E-state index contributed by atoms with van der Waals surface area (Å²) in [6.45, 7) is 2.09. The molecule has 0 spiro atoms. The summed E-state index contributed by atoms with van der Waals surface area (Å²) in [4.78, 5) is 24.6. The minimum atomic E-state index is -0.691. The van der Waals surface area contributed by atoms with Crippen molar-refractivity contribution in [3.05, 3.63) is 52.9 Å². The molecule has 0 radical (unpaired) electrons. The minimum Gasteiger partial charge on any atom is -0.465 e. The van der Waals surface area contributed by atoms with E-state index in [9.17, 15) is 9.59 Å². The van der Waals surface area contributed by atoms with Crippen LogP contribution in [0.1, 0.15) is 38.6 Å². The monoisotopic (exact) mass is 374 g/mol. The second-order valence-corrected chi connectivity index (χ2v) is 6.24. The van der Waals surface area contributed by atoms with Gasteiger partial charge in [-0.15, -0.1) is 0 Å². The predicted octanol–water partition coefficient (Wildman–Crippen LogP) is 1.94. The Hall–Kier alpha value is -2.71. The number of ether oxygens (including phenoxy) is 3. The van der Waals surface area contributed by atoms with E-state index in [0.29, 0.717) is 26.4 Å². The molecule has 27 heavy (non-hydrogen) atoms. The first-order chi connectivity index (χ1) is 13.2. The molecular formula is C19H22N2O6. The van der Waals surface area contributed by atoms with Crippen LogP contribution in [0.15, 0.2) is 34.9 Å². The number of esters is 1. The number of rotatable bonds is 8. The van der Waals surface area contributed by atoms with Crippen LogP contribution in [0, 0.1) is 5.92 Å². The normalized spacial score (nSPS) is 16.3. The molecule has 3 rings (SSSR count). The summed E-state index contributed by atoms with van der Waals surface area (Å²) in [5.74, 6) is -0.757. The number of nitrogens with zero attached hydrogens (tertiary/aromatic N) is 1. The maximum absolute atomic E-state index is 12.4. The zero-order valence-corrected chi connectivity index (χ0v) is 15.1. The summed E-state index contributed by atoms with van der Waals surface area (Å²) in [5.41, 5.74) is 0.873. The van der Waals surface area contributed by atoms with E-state index in [2.05, 4.69) is 10.5 Å². The topological polar surface area (TPSA) is 99.9 Å². The van der Waals surface area contributed by atoms with E-state index in [0.717, 1.165) is 12.0 Å². The third-order valence-corrected chi connectivity index (χ3v) is 4.29. The maximum atomic E-state index is 12.4. The second kappa shape index (κ2) is 9.29. The second-order valence-electron chi connectivity index (χ2n) is 6.24. The van der Waals surface area contributed by atoms with Gasteiger partial charge in [0.15, 0.2) is 11.5 Å². The van der Waals surface area contributed by atoms with E-state index in [1.165, 1.54) is 7.11 Å². The number of nitrogens with one attached hydrogen (secondary N) is 1. The highest BCUT2D eigenvalue weighted by Crippen LogP contribution is 2.18. The molecule has 144 valence electrons. The summed E-state index contributed by atoms with van der Waals surface area (Å²) >= 11 is 0. The zero-order valence-electron chi connectivity index (χ0n) is 15.1. The molecular weight excluding hydrogens is 352 g/mol. The fraction of sp³-hybridized carbons (Fsp3) is 0.421. The summed E-state index contributed by atoms with van der Waals surface area (Å²) in [6.07, 6.45) is 0.890. The summed E-state index contributed by atoms with van der Waals surface area (Å²) in [5, 5.41) is 6.52. The van der Waals surface area contributed by atoms with Crippen molar-refractivity contribution in [1.82, 2.24) is 10.5 Å². The fourth-order valence-electron chi connectivity index (χ4n) is 2.79. The minimum absolute atomic E-state index is 0.00390. The predicted molar refractivity (Wildman–Crippen MR) is 94.0 cm³/mol. The van der Waals surface area contributed by atoms with Crippen LogP contribution in [0.25, 0.3) is 0 Å². The van der Waals surface area contributed by atoms with Gasteiger partial charge in [-0.05, 0) is 12.0 Å². The molecule has 1 saturated heterocycles. The first-order valence-corrected chi connectivity index (χ1v) is 8.73. The lowest BCUT2D eigenvalue weighted by Crippen LogP contribution is -2.31. The maximum Gasteiger partial charge on any atom is 0.344 e. The molecule has 0 saturated carbocycles. The van der Waals surface area contributed by atoms with Gasteiger partial charge in [-0.25, -0.2) is 4.79 Å². The summed E-state index contributed by atoms with van der Waals surface area (Å²) in [7, 11) is 1.24. The standard InChI is InChI=1S/C19H22N2O6/c1-24-19(23)16-15(12-26-10-13-5-3-2-4-6-13)27-21-17(16)18(22)20-9-14-7-8-25-11-14/h2-6,14H,7-12H2,1H3,(H,20,22). The Balaban J connectivity index is 1.65. The molecule has 1 aliphatic rings. The molecule has 2 heterocycles. The van der Waals surface area contributed by atoms with Crippen molar-refractivity contribution in [1.29, 1.82) is 0 Å². The average Bonchev–Trinajstić information content (AvgIpc) is 3.36. The Morgan fingerprint density at radius 1 is 1.26 bits per heavy atom. The van der Waals surface area contributed by atoms with Crippen LogP contribution < -0.4 is 5.32 Å². The van der Waals surface area contributed by atoms with Gasteiger partial charge in [0.2, 0.25) is 0 Å². The van der Waals surface area contributed by atoms with Crippen LogP contribution in [0.3, 0.4) is 0 Å². The van der Waals surface area contributed by atoms with E-state index >= 15 is 0 Å². The van der Waals surface area contributed by atoms with Gasteiger partial charge in [-0.1, -0.05) is 35.5 Å². The van der Waals surface area contributed by atoms with E-state index < -0.39 is 11.9 Å². The van der Waals surface area contributed by atoms with Gasteiger partial charge in [-0.3, -0.25) is 4.79 Å². The van der Waals surface area contributed by atoms with Gasteiger partial charge in [0.25, 0.3) is 5.91 Å². The Labute approximate surface area is 156 Å². The first kappa shape index (κ1) is 19.1. The summed E-state index contributed by atoms with van der Waals surface area (Å²) < 4.78 is 20.8. The molecule has 0 bridgehead atoms. The van der Waals surface area contributed by atoms with Crippen LogP contribution in [-0.4, -0.2) is 43.9 Å². The van der Waals surface area contributed by atoms with Crippen LogP contribution >= 0.6 is 0 Å². The van der Waals surface area contributed by atoms with Crippen molar-refractivity contribution < 1.29 is 28.3 Å². The SMILES string of the molecule is COC(=O)c1c(C(=O)NCC2CCOC2)noc1COCc1ccccc1. The number of amides is 1. The van der Waals surface area contributed by atoms with Crippen molar-refractivity contribution in [2.24, 2.45) is 5.92 Å². The molecule has 0 aliphatic carbocycles. The molecule has 1 aliphatic heterocycles. The van der Waals surface area contributed by atoms with Gasteiger partial charge < -0.3 is 24.1 Å². The zero-order chi connectivity index (χ0) is 19.1. The number of carbonyl (C=O) groups excluding carboxylic acids is 2. The fourth-order valence-corrected chi connectivity index (χ4v) is 2.79. The Morgan fingerprint density at radius 2 is 2.07 bits per heavy atom. The molecule has 1 fully saturated rings. The first-order valence-electron chi connectivity index (χ1n) is 8.73. The van der Waals surface area contributed by atoms with Crippen molar-refractivity contribution >= 4 is 11.9 Å². The molecule has 1 unspecified atom stereocenters. The molecule has 2 aromatic rings. The highest BCUT2D eigenvalue weighted by Gasteiger charge is 2.29. The van der Waals surface area contributed by atoms with Crippen LogP contribution in [0.4, 0.5) is 0 Å². The average molecular weight is 374 g/mol. The van der Waals surface area contributed by atoms with E-state index in [1.54, 1.807) is 0 Å². The van der Waals surface area contributed by atoms with Crippen LogP contribution in [0.2, 0.25) is 0 Å². The van der Waals surface area contributed by atoms with Crippen molar-refractivity contribution in [3.63, 3.8) is 0 Å². The van der Waals surface area contributed by atoms with Crippen molar-refractivity contribution in [2.45, 2.75) is 19.6 Å². The number of aromatic nitrogens is 1. The van der Waals surface area contributed by atoms with Crippen molar-refractivity contribution in [2.75, 3.05) is 26.9 Å². The molecule has 1 aromatic carbocycles. The lowest BCUT2D eigenvalue weighted by molar-refractivity contribution is 0.0575. The highest BCUT2D eigenvalue weighted by molar-refractivity contribution is 6.04. The number of hydrogen-bond donors (Lipinski definition) is 1. The van der Waals surface area contributed by atoms with Gasteiger partial charge in [0, 0.05) is 19.1 Å². The lowest BCUT2D eigenvalue weighted by Gasteiger charge is -2.08. The van der Waals surface area contributed by atoms with E-state index in [-0.39, 0.29) is 29.5 Å².